The molecule has 4 nitrogen and oxygen atoms in total. The quantitative estimate of drug-likeness (QED) is 0.476. The van der Waals surface area contributed by atoms with Gasteiger partial charge in [0.15, 0.2) is 0 Å². The minimum Gasteiger partial charge on any atom is -0.328 e. The maximum absolute atomic E-state index is 11.9. The monoisotopic (exact) mass is 410 g/mol. The first-order chi connectivity index (χ1) is 14.4. The molecule has 2 aromatic heterocycles. The summed E-state index contributed by atoms with van der Waals surface area (Å²) in [7, 11) is 0. The van der Waals surface area contributed by atoms with E-state index in [0.29, 0.717) is 0 Å². The van der Waals surface area contributed by atoms with Crippen LogP contribution in [0.1, 0.15) is 36.9 Å². The fourth-order valence-electron chi connectivity index (χ4n) is 3.05. The number of hydrogen-bond acceptors (Lipinski definition) is 2. The molecule has 3 rings (SSSR count). The van der Waals surface area contributed by atoms with Gasteiger partial charge in [-0.25, -0.2) is 18.7 Å². The summed E-state index contributed by atoms with van der Waals surface area (Å²) < 4.78 is 28.2. The molecule has 30 heavy (non-hydrogen) atoms. The predicted octanol–water partition coefficient (Wildman–Crippen LogP) is 5.87. The van der Waals surface area contributed by atoms with Crippen LogP contribution in [0.2, 0.25) is 0 Å². The van der Waals surface area contributed by atoms with Gasteiger partial charge in [-0.3, -0.25) is 0 Å². The Balaban J connectivity index is 0.000000335. The van der Waals surface area contributed by atoms with E-state index in [1.807, 2.05) is 44.5 Å². The third-order valence-electron chi connectivity index (χ3n) is 4.54. The van der Waals surface area contributed by atoms with Gasteiger partial charge in [0.05, 0.1) is 17.9 Å². The van der Waals surface area contributed by atoms with Crippen molar-refractivity contribution in [3.05, 3.63) is 102 Å². The maximum atomic E-state index is 11.9. The average molecular weight is 411 g/mol. The molecule has 0 aliphatic heterocycles. The van der Waals surface area contributed by atoms with Crippen LogP contribution in [0.15, 0.2) is 67.5 Å². The maximum Gasteiger partial charge on any atom is 0.129 e. The molecule has 0 saturated carbocycles. The Bertz CT molecular complexity index is 1000. The lowest BCUT2D eigenvalue weighted by Crippen LogP contribution is -2.10. The molecule has 0 amide bonds. The van der Waals surface area contributed by atoms with Crippen molar-refractivity contribution in [2.24, 2.45) is 0 Å². The van der Waals surface area contributed by atoms with Gasteiger partial charge in [0.25, 0.3) is 0 Å². The number of benzene rings is 1. The van der Waals surface area contributed by atoms with Crippen LogP contribution in [-0.4, -0.2) is 19.1 Å². The molecule has 0 radical (unpaired) electrons. The molecule has 0 unspecified atom stereocenters. The number of imidazole rings is 2. The third kappa shape index (κ3) is 5.86. The van der Waals surface area contributed by atoms with Gasteiger partial charge >= 0.3 is 0 Å². The molecule has 0 fully saturated rings. The molecule has 0 atom stereocenters. The number of rotatable bonds is 6. The zero-order valence-electron chi connectivity index (χ0n) is 17.9. The topological polar surface area (TPSA) is 35.6 Å². The molecule has 2 heterocycles. The molecule has 0 spiro atoms. The third-order valence-corrected chi connectivity index (χ3v) is 4.54. The number of aryl methyl sites for hydroxylation is 2. The van der Waals surface area contributed by atoms with Gasteiger partial charge in [0.1, 0.15) is 23.3 Å². The number of aromatic nitrogens is 4. The molecule has 0 bridgehead atoms. The Hall–Kier alpha value is -3.28. The van der Waals surface area contributed by atoms with Crippen LogP contribution >= 0.6 is 0 Å². The molecular weight excluding hydrogens is 382 g/mol. The Morgan fingerprint density at radius 2 is 1.77 bits per heavy atom. The van der Waals surface area contributed by atoms with Crippen molar-refractivity contribution in [2.45, 2.75) is 40.8 Å². The second-order valence-electron chi connectivity index (χ2n) is 6.60. The van der Waals surface area contributed by atoms with E-state index in [9.17, 15) is 8.78 Å². The molecule has 158 valence electrons. The normalized spacial score (nSPS) is 11.5. The summed E-state index contributed by atoms with van der Waals surface area (Å²) in [4.78, 5) is 9.05. The van der Waals surface area contributed by atoms with E-state index in [1.54, 1.807) is 0 Å². The fourth-order valence-corrected chi connectivity index (χ4v) is 3.05. The summed E-state index contributed by atoms with van der Waals surface area (Å²) in [6, 6.07) is 4.31. The van der Waals surface area contributed by atoms with E-state index in [-0.39, 0.29) is 0 Å². The minimum absolute atomic E-state index is 0.411. The lowest BCUT2D eigenvalue weighted by atomic mass is 10.1. The molecule has 6 heteroatoms. The summed E-state index contributed by atoms with van der Waals surface area (Å²) >= 11 is 0. The second kappa shape index (κ2) is 11.0. The highest BCUT2D eigenvalue weighted by Gasteiger charge is 2.15. The number of halogens is 2. The highest BCUT2D eigenvalue weighted by atomic mass is 19.1. The highest BCUT2D eigenvalue weighted by molar-refractivity contribution is 5.74. The second-order valence-corrected chi connectivity index (χ2v) is 6.60. The van der Waals surface area contributed by atoms with Gasteiger partial charge < -0.3 is 9.13 Å². The van der Waals surface area contributed by atoms with Crippen molar-refractivity contribution in [2.75, 3.05) is 0 Å². The lowest BCUT2D eigenvalue weighted by molar-refractivity contribution is 0.600. The van der Waals surface area contributed by atoms with Gasteiger partial charge in [-0.05, 0) is 57.5 Å². The highest BCUT2D eigenvalue weighted by Crippen LogP contribution is 2.23. The van der Waals surface area contributed by atoms with E-state index in [0.717, 1.165) is 66.0 Å². The Kier molecular flexibility index (Phi) is 8.47. The first-order valence-electron chi connectivity index (χ1n) is 9.81. The van der Waals surface area contributed by atoms with Crippen molar-refractivity contribution in [3.63, 3.8) is 0 Å². The van der Waals surface area contributed by atoms with E-state index in [2.05, 4.69) is 40.6 Å². The van der Waals surface area contributed by atoms with E-state index < -0.39 is 11.6 Å². The molecule has 0 aliphatic carbocycles. The van der Waals surface area contributed by atoms with Crippen LogP contribution in [0.3, 0.4) is 0 Å². The fraction of sp³-hybridized carbons (Fsp3) is 0.250. The standard InChI is InChI=1S/C18H24N4.C6H4F2/c1-6-9-10-16(7-2)18-14(4)20-17(22(18)8-3)13-21-12-11-19-15(21)5;7-5-1-2-6(8)4-3-5/h6-7,9-12H,2,8,13H2,1,3-5H3;1-4H/b9-6-,16-10+;. The van der Waals surface area contributed by atoms with Crippen LogP contribution in [0.5, 0.6) is 0 Å². The van der Waals surface area contributed by atoms with E-state index >= 15 is 0 Å². The first-order valence-corrected chi connectivity index (χ1v) is 9.81. The first kappa shape index (κ1) is 23.0. The average Bonchev–Trinajstić information content (AvgIpc) is 3.28. The summed E-state index contributed by atoms with van der Waals surface area (Å²) in [5.74, 6) is 1.22. The smallest absolute Gasteiger partial charge is 0.129 e. The Morgan fingerprint density at radius 3 is 2.23 bits per heavy atom. The molecule has 0 aliphatic rings. The van der Waals surface area contributed by atoms with Crippen molar-refractivity contribution in [3.8, 4) is 0 Å². The summed E-state index contributed by atoms with van der Waals surface area (Å²) in [6.45, 7) is 13.8. The van der Waals surface area contributed by atoms with Crippen LogP contribution in [0.4, 0.5) is 8.78 Å². The zero-order chi connectivity index (χ0) is 22.1. The largest absolute Gasteiger partial charge is 0.328 e. The molecule has 1 aromatic carbocycles. The van der Waals surface area contributed by atoms with E-state index in [4.69, 9.17) is 4.98 Å². The molecular formula is C24H28F2N4. The van der Waals surface area contributed by atoms with Crippen LogP contribution in [-0.2, 0) is 13.1 Å². The van der Waals surface area contributed by atoms with Crippen LogP contribution in [0, 0.1) is 25.5 Å². The van der Waals surface area contributed by atoms with Crippen LogP contribution in [0.25, 0.3) is 5.57 Å². The van der Waals surface area contributed by atoms with Gasteiger partial charge in [0.2, 0.25) is 0 Å². The SMILES string of the molecule is C=C/C(=C\C=C/C)c1c(C)nc(Cn2ccnc2C)n1CC.Fc1ccc(F)cc1. The van der Waals surface area contributed by atoms with Gasteiger partial charge in [-0.15, -0.1) is 0 Å². The molecule has 0 N–H and O–H groups in total. The zero-order valence-corrected chi connectivity index (χ0v) is 17.9. The van der Waals surface area contributed by atoms with E-state index in [1.165, 1.54) is 0 Å². The number of nitrogens with zero attached hydrogens (tertiary/aromatic N) is 4. The Labute approximate surface area is 176 Å². The van der Waals surface area contributed by atoms with Crippen molar-refractivity contribution in [1.82, 2.24) is 19.1 Å². The molecule has 3 aromatic rings. The van der Waals surface area contributed by atoms with Crippen molar-refractivity contribution >= 4 is 5.57 Å². The van der Waals surface area contributed by atoms with Crippen LogP contribution < -0.4 is 0 Å². The molecule has 0 saturated heterocycles. The van der Waals surface area contributed by atoms with Gasteiger partial charge in [0, 0.05) is 18.9 Å². The number of allylic oxidation sites excluding steroid dienone is 5. The lowest BCUT2D eigenvalue weighted by Gasteiger charge is -2.11. The summed E-state index contributed by atoms with van der Waals surface area (Å²) in [5, 5.41) is 0. The summed E-state index contributed by atoms with van der Waals surface area (Å²) in [6.07, 6.45) is 11.8. The number of hydrogen-bond donors (Lipinski definition) is 0. The minimum atomic E-state index is -0.411. The van der Waals surface area contributed by atoms with Gasteiger partial charge in [-0.2, -0.15) is 0 Å². The summed E-state index contributed by atoms with van der Waals surface area (Å²) in [5.41, 5.74) is 3.27. The predicted molar refractivity (Wildman–Crippen MR) is 118 cm³/mol. The van der Waals surface area contributed by atoms with Gasteiger partial charge in [-0.1, -0.05) is 30.9 Å². The van der Waals surface area contributed by atoms with Crippen molar-refractivity contribution < 1.29 is 8.78 Å². The van der Waals surface area contributed by atoms with Crippen molar-refractivity contribution in [1.29, 1.82) is 0 Å². The Morgan fingerprint density at radius 1 is 1.13 bits per heavy atom.